The predicted molar refractivity (Wildman–Crippen MR) is 94.2 cm³/mol. The van der Waals surface area contributed by atoms with Gasteiger partial charge in [0.25, 0.3) is 0 Å². The average Bonchev–Trinajstić information content (AvgIpc) is 3.30. The zero-order valence-corrected chi connectivity index (χ0v) is 14.8. The van der Waals surface area contributed by atoms with E-state index in [4.69, 9.17) is 0 Å². The van der Waals surface area contributed by atoms with Crippen LogP contribution in [0.2, 0.25) is 0 Å². The number of hydrogen-bond acceptors (Lipinski definition) is 3. The van der Waals surface area contributed by atoms with Gasteiger partial charge in [-0.3, -0.25) is 0 Å². The van der Waals surface area contributed by atoms with Gasteiger partial charge in [-0.15, -0.1) is 0 Å². The molecular weight excluding hydrogens is 324 g/mol. The van der Waals surface area contributed by atoms with Gasteiger partial charge in [0.2, 0.25) is 0 Å². The van der Waals surface area contributed by atoms with Crippen LogP contribution in [0.5, 0.6) is 0 Å². The lowest BCUT2D eigenvalue weighted by Gasteiger charge is -2.40. The molecule has 0 aromatic heterocycles. The summed E-state index contributed by atoms with van der Waals surface area (Å²) >= 11 is 0. The fourth-order valence-electron chi connectivity index (χ4n) is 3.45. The van der Waals surface area contributed by atoms with E-state index in [9.17, 15) is 13.2 Å². The van der Waals surface area contributed by atoms with Gasteiger partial charge in [-0.1, -0.05) is 36.4 Å². The predicted octanol–water partition coefficient (Wildman–Crippen LogP) is 2.87. The van der Waals surface area contributed by atoms with Crippen molar-refractivity contribution in [2.45, 2.75) is 31.7 Å². The van der Waals surface area contributed by atoms with Gasteiger partial charge in [0, 0.05) is 24.8 Å². The Balaban J connectivity index is 1.68. The Kier molecular flexibility index (Phi) is 4.67. The summed E-state index contributed by atoms with van der Waals surface area (Å²) in [5.74, 6) is 0. The lowest BCUT2D eigenvalue weighted by atomic mass is 9.85. The van der Waals surface area contributed by atoms with Gasteiger partial charge < -0.3 is 10.2 Å². The molecule has 0 bridgehead atoms. The number of amides is 2. The summed E-state index contributed by atoms with van der Waals surface area (Å²) < 4.78 is 22.2. The van der Waals surface area contributed by atoms with Crippen molar-refractivity contribution in [2.24, 2.45) is 5.41 Å². The molecule has 1 atom stereocenters. The van der Waals surface area contributed by atoms with E-state index in [0.717, 1.165) is 31.1 Å². The van der Waals surface area contributed by atoms with E-state index in [1.165, 1.54) is 24.5 Å². The largest absolute Gasteiger partial charge is 0.334 e. The van der Waals surface area contributed by atoms with Crippen LogP contribution in [0.25, 0.3) is 0 Å². The molecular formula is C18H24N2O3S. The number of piperidine rings is 1. The number of sulfone groups is 1. The Morgan fingerprint density at radius 2 is 2.00 bits per heavy atom. The van der Waals surface area contributed by atoms with Gasteiger partial charge in [-0.2, -0.15) is 0 Å². The molecule has 5 nitrogen and oxygen atoms in total. The third kappa shape index (κ3) is 4.17. The summed E-state index contributed by atoms with van der Waals surface area (Å²) in [7, 11) is -3.15. The molecule has 1 N–H and O–H groups in total. The number of likely N-dealkylation sites (tertiary alicyclic amines) is 1. The Hall–Kier alpha value is -1.82. The molecule has 0 unspecified atom stereocenters. The highest BCUT2D eigenvalue weighted by molar-refractivity contribution is 7.93. The third-order valence-electron chi connectivity index (χ3n) is 5.00. The Morgan fingerprint density at radius 1 is 1.29 bits per heavy atom. The van der Waals surface area contributed by atoms with Gasteiger partial charge in [0.15, 0.2) is 9.84 Å². The van der Waals surface area contributed by atoms with Crippen molar-refractivity contribution in [1.82, 2.24) is 10.2 Å². The van der Waals surface area contributed by atoms with Crippen molar-refractivity contribution >= 4 is 15.9 Å². The Bertz CT molecular complexity index is 724. The van der Waals surface area contributed by atoms with Crippen LogP contribution in [-0.2, 0) is 9.84 Å². The first-order valence-corrected chi connectivity index (χ1v) is 10.3. The maximum atomic E-state index is 12.6. The second-order valence-corrected chi connectivity index (χ2v) is 8.89. The monoisotopic (exact) mass is 348 g/mol. The molecule has 1 aliphatic heterocycles. The lowest BCUT2D eigenvalue weighted by Crippen LogP contribution is -2.46. The van der Waals surface area contributed by atoms with Crippen molar-refractivity contribution in [1.29, 1.82) is 0 Å². The van der Waals surface area contributed by atoms with Crippen molar-refractivity contribution < 1.29 is 13.2 Å². The van der Waals surface area contributed by atoms with Crippen molar-refractivity contribution in [2.75, 3.05) is 19.3 Å². The first-order valence-electron chi connectivity index (χ1n) is 8.35. The first kappa shape index (κ1) is 17.0. The second-order valence-electron chi connectivity index (χ2n) is 6.96. The topological polar surface area (TPSA) is 66.5 Å². The number of carbonyl (C=O) groups excluding carboxylic acids is 1. The minimum Gasteiger partial charge on any atom is -0.334 e. The second kappa shape index (κ2) is 6.59. The zero-order chi connectivity index (χ0) is 17.2. The molecule has 2 amide bonds. The summed E-state index contributed by atoms with van der Waals surface area (Å²) in [6.45, 7) is 0.968. The van der Waals surface area contributed by atoms with E-state index < -0.39 is 9.84 Å². The number of nitrogens with one attached hydrogen (secondary N) is 1. The molecule has 0 radical (unpaired) electrons. The van der Waals surface area contributed by atoms with Crippen LogP contribution in [0.3, 0.4) is 0 Å². The summed E-state index contributed by atoms with van der Waals surface area (Å²) in [5, 5.41) is 3.93. The normalized spacial score (nSPS) is 22.7. The number of hydrogen-bond donors (Lipinski definition) is 1. The van der Waals surface area contributed by atoms with Gasteiger partial charge in [-0.25, -0.2) is 13.2 Å². The molecule has 6 heteroatoms. The minimum absolute atomic E-state index is 0.0985. The molecule has 2 fully saturated rings. The number of carbonyl (C=O) groups is 1. The van der Waals surface area contributed by atoms with Crippen LogP contribution in [0.4, 0.5) is 4.79 Å². The SMILES string of the molecule is CS(=O)(=O)/C=C/CNC(=O)N1CCC2(CC2)C[C@H]1c1ccccc1. The quantitative estimate of drug-likeness (QED) is 0.910. The van der Waals surface area contributed by atoms with E-state index in [0.29, 0.717) is 5.41 Å². The standard InChI is InChI=1S/C18H24N2O3S/c1-24(22,23)13-5-11-19-17(21)20-12-10-18(8-9-18)14-16(20)15-6-3-2-4-7-15/h2-7,13,16H,8-12,14H2,1H3,(H,19,21)/b13-5+/t16-/m0/s1. The highest BCUT2D eigenvalue weighted by atomic mass is 32.2. The summed E-state index contributed by atoms with van der Waals surface area (Å²) in [6, 6.07) is 10.1. The summed E-state index contributed by atoms with van der Waals surface area (Å²) in [6.07, 6.45) is 7.21. The molecule has 24 heavy (non-hydrogen) atoms. The first-order chi connectivity index (χ1) is 11.4. The maximum absolute atomic E-state index is 12.6. The molecule has 1 spiro atoms. The highest BCUT2D eigenvalue weighted by Gasteiger charge is 2.49. The van der Waals surface area contributed by atoms with Gasteiger partial charge >= 0.3 is 6.03 Å². The van der Waals surface area contributed by atoms with Crippen LogP contribution < -0.4 is 5.32 Å². The van der Waals surface area contributed by atoms with Crippen LogP contribution in [-0.4, -0.2) is 38.7 Å². The molecule has 1 saturated heterocycles. The molecule has 1 saturated carbocycles. The van der Waals surface area contributed by atoms with Crippen LogP contribution in [0.1, 0.15) is 37.3 Å². The lowest BCUT2D eigenvalue weighted by molar-refractivity contribution is 0.120. The number of rotatable bonds is 4. The molecule has 1 aromatic rings. The minimum atomic E-state index is -3.15. The van der Waals surface area contributed by atoms with Gasteiger partial charge in [-0.05, 0) is 36.7 Å². The van der Waals surface area contributed by atoms with Crippen molar-refractivity contribution in [3.05, 3.63) is 47.4 Å². The van der Waals surface area contributed by atoms with E-state index in [-0.39, 0.29) is 18.6 Å². The third-order valence-corrected chi connectivity index (χ3v) is 5.69. The highest BCUT2D eigenvalue weighted by Crippen LogP contribution is 2.58. The fraction of sp³-hybridized carbons (Fsp3) is 0.500. The summed E-state index contributed by atoms with van der Waals surface area (Å²) in [4.78, 5) is 14.5. The molecule has 1 aromatic carbocycles. The maximum Gasteiger partial charge on any atom is 0.318 e. The number of benzene rings is 1. The van der Waals surface area contributed by atoms with Crippen LogP contribution in [0.15, 0.2) is 41.8 Å². The van der Waals surface area contributed by atoms with Crippen LogP contribution in [0, 0.1) is 5.41 Å². The van der Waals surface area contributed by atoms with E-state index in [1.807, 2.05) is 23.1 Å². The number of nitrogens with zero attached hydrogens (tertiary/aromatic N) is 1. The Labute approximate surface area is 143 Å². The fourth-order valence-corrected chi connectivity index (χ4v) is 3.90. The summed E-state index contributed by atoms with van der Waals surface area (Å²) in [5.41, 5.74) is 1.61. The van der Waals surface area contributed by atoms with Crippen molar-refractivity contribution in [3.63, 3.8) is 0 Å². The average molecular weight is 348 g/mol. The molecule has 1 heterocycles. The van der Waals surface area contributed by atoms with E-state index in [2.05, 4.69) is 17.4 Å². The van der Waals surface area contributed by atoms with Crippen LogP contribution >= 0.6 is 0 Å². The van der Waals surface area contributed by atoms with Gasteiger partial charge in [0.05, 0.1) is 6.04 Å². The Morgan fingerprint density at radius 3 is 2.62 bits per heavy atom. The smallest absolute Gasteiger partial charge is 0.318 e. The van der Waals surface area contributed by atoms with Crippen molar-refractivity contribution in [3.8, 4) is 0 Å². The van der Waals surface area contributed by atoms with E-state index >= 15 is 0 Å². The molecule has 1 aliphatic carbocycles. The molecule has 3 rings (SSSR count). The molecule has 130 valence electrons. The zero-order valence-electron chi connectivity index (χ0n) is 13.9. The molecule has 2 aliphatic rings. The van der Waals surface area contributed by atoms with Gasteiger partial charge in [0.1, 0.15) is 0 Å². The number of urea groups is 1. The van der Waals surface area contributed by atoms with E-state index in [1.54, 1.807) is 0 Å².